The van der Waals surface area contributed by atoms with Crippen molar-refractivity contribution < 1.29 is 4.79 Å². The van der Waals surface area contributed by atoms with Crippen LogP contribution in [0.1, 0.15) is 33.1 Å². The van der Waals surface area contributed by atoms with Crippen molar-refractivity contribution >= 4 is 40.3 Å². The predicted octanol–water partition coefficient (Wildman–Crippen LogP) is 4.10. The van der Waals surface area contributed by atoms with Crippen molar-refractivity contribution in [2.75, 3.05) is 5.75 Å². The molecule has 2 atom stereocenters. The molecule has 0 unspecified atom stereocenters. The van der Waals surface area contributed by atoms with Crippen LogP contribution >= 0.6 is 23.4 Å². The lowest BCUT2D eigenvalue weighted by Gasteiger charge is -2.39. The molecule has 6 heteroatoms. The summed E-state index contributed by atoms with van der Waals surface area (Å²) >= 11 is 7.43. The Morgan fingerprint density at radius 3 is 2.86 bits per heavy atom. The van der Waals surface area contributed by atoms with Crippen LogP contribution in [0.5, 0.6) is 0 Å². The number of aromatic amines is 1. The predicted molar refractivity (Wildman–Crippen MR) is 91.4 cm³/mol. The molecule has 0 aliphatic carbocycles. The first-order chi connectivity index (χ1) is 10.5. The van der Waals surface area contributed by atoms with Crippen molar-refractivity contribution in [1.82, 2.24) is 14.9 Å². The lowest BCUT2D eigenvalue weighted by molar-refractivity contribution is -0.134. The van der Waals surface area contributed by atoms with E-state index in [0.717, 1.165) is 29.0 Å². The molecule has 1 saturated heterocycles. The number of likely N-dealkylation sites (tertiary alicyclic amines) is 1. The van der Waals surface area contributed by atoms with Gasteiger partial charge in [-0.15, -0.1) is 0 Å². The van der Waals surface area contributed by atoms with Crippen molar-refractivity contribution in [3.05, 3.63) is 23.2 Å². The zero-order valence-electron chi connectivity index (χ0n) is 12.8. The van der Waals surface area contributed by atoms with Gasteiger partial charge >= 0.3 is 0 Å². The number of thioether (sulfide) groups is 1. The maximum absolute atomic E-state index is 12.5. The van der Waals surface area contributed by atoms with E-state index in [2.05, 4.69) is 23.8 Å². The zero-order valence-corrected chi connectivity index (χ0v) is 14.4. The molecule has 1 fully saturated rings. The summed E-state index contributed by atoms with van der Waals surface area (Å²) in [5.41, 5.74) is 1.78. The van der Waals surface area contributed by atoms with Gasteiger partial charge in [0.25, 0.3) is 0 Å². The molecule has 1 aliphatic rings. The number of piperidine rings is 1. The molecule has 0 radical (unpaired) electrons. The summed E-state index contributed by atoms with van der Waals surface area (Å²) in [6.45, 7) is 4.28. The highest BCUT2D eigenvalue weighted by molar-refractivity contribution is 7.99. The van der Waals surface area contributed by atoms with E-state index in [9.17, 15) is 4.79 Å². The number of imidazole rings is 1. The van der Waals surface area contributed by atoms with E-state index in [1.807, 2.05) is 23.1 Å². The van der Waals surface area contributed by atoms with Crippen LogP contribution in [0.25, 0.3) is 11.0 Å². The Kier molecular flexibility index (Phi) is 4.64. The van der Waals surface area contributed by atoms with Gasteiger partial charge in [-0.1, -0.05) is 23.4 Å². The number of nitrogens with one attached hydrogen (secondary N) is 1. The van der Waals surface area contributed by atoms with Gasteiger partial charge in [-0.05, 0) is 51.3 Å². The number of fused-ring (bicyclic) bond motifs is 1. The Balaban J connectivity index is 1.66. The van der Waals surface area contributed by atoms with Crippen molar-refractivity contribution in [2.24, 2.45) is 0 Å². The number of H-pyrrole nitrogens is 1. The Morgan fingerprint density at radius 1 is 1.41 bits per heavy atom. The van der Waals surface area contributed by atoms with Crippen molar-refractivity contribution in [1.29, 1.82) is 0 Å². The smallest absolute Gasteiger partial charge is 0.233 e. The molecule has 118 valence electrons. The van der Waals surface area contributed by atoms with Gasteiger partial charge < -0.3 is 9.88 Å². The lowest BCUT2D eigenvalue weighted by Crippen LogP contribution is -2.48. The van der Waals surface area contributed by atoms with E-state index in [1.165, 1.54) is 18.2 Å². The highest BCUT2D eigenvalue weighted by atomic mass is 35.5. The third kappa shape index (κ3) is 3.25. The quantitative estimate of drug-likeness (QED) is 0.858. The molecule has 22 heavy (non-hydrogen) atoms. The average molecular weight is 338 g/mol. The molecule has 2 heterocycles. The average Bonchev–Trinajstić information content (AvgIpc) is 2.87. The van der Waals surface area contributed by atoms with E-state index in [4.69, 9.17) is 11.6 Å². The number of benzene rings is 1. The molecule has 0 saturated carbocycles. The number of aromatic nitrogens is 2. The van der Waals surface area contributed by atoms with Crippen molar-refractivity contribution in [2.45, 2.75) is 50.4 Å². The van der Waals surface area contributed by atoms with Crippen LogP contribution < -0.4 is 0 Å². The largest absolute Gasteiger partial charge is 0.337 e. The first-order valence-electron chi connectivity index (χ1n) is 7.64. The van der Waals surface area contributed by atoms with Crippen LogP contribution in [0, 0.1) is 0 Å². The summed E-state index contributed by atoms with van der Waals surface area (Å²) in [5, 5.41) is 1.45. The molecule has 4 nitrogen and oxygen atoms in total. The molecule has 2 aromatic rings. The molecule has 1 amide bonds. The molecular formula is C16H20ClN3OS. The van der Waals surface area contributed by atoms with Crippen molar-refractivity contribution in [3.8, 4) is 0 Å². The highest BCUT2D eigenvalue weighted by Crippen LogP contribution is 2.26. The second kappa shape index (κ2) is 6.50. The van der Waals surface area contributed by atoms with E-state index < -0.39 is 0 Å². The SMILES string of the molecule is C[C@H]1CCC[C@H](C)N1C(=O)CSc1nc2ccc(Cl)cc2[nH]1. The van der Waals surface area contributed by atoms with Gasteiger partial charge in [-0.2, -0.15) is 0 Å². The summed E-state index contributed by atoms with van der Waals surface area (Å²) < 4.78 is 0. The zero-order chi connectivity index (χ0) is 15.7. The molecule has 1 aromatic carbocycles. The number of hydrogen-bond acceptors (Lipinski definition) is 3. The fourth-order valence-corrected chi connectivity index (χ4v) is 4.07. The molecule has 0 bridgehead atoms. The van der Waals surface area contributed by atoms with Crippen LogP contribution in [-0.2, 0) is 4.79 Å². The number of carbonyl (C=O) groups is 1. The van der Waals surface area contributed by atoms with Gasteiger partial charge in [0, 0.05) is 17.1 Å². The van der Waals surface area contributed by atoms with Crippen LogP contribution in [0.3, 0.4) is 0 Å². The van der Waals surface area contributed by atoms with Crippen molar-refractivity contribution in [3.63, 3.8) is 0 Å². The minimum Gasteiger partial charge on any atom is -0.337 e. The number of halogens is 1. The first kappa shape index (κ1) is 15.7. The summed E-state index contributed by atoms with van der Waals surface area (Å²) in [6.07, 6.45) is 3.41. The number of nitrogens with zero attached hydrogens (tertiary/aromatic N) is 2. The first-order valence-corrected chi connectivity index (χ1v) is 9.00. The second-order valence-corrected chi connectivity index (χ2v) is 7.32. The molecule has 3 rings (SSSR count). The molecule has 1 N–H and O–H groups in total. The number of hydrogen-bond donors (Lipinski definition) is 1. The van der Waals surface area contributed by atoms with Gasteiger partial charge in [-0.25, -0.2) is 4.98 Å². The standard InChI is InChI=1S/C16H20ClN3OS/c1-10-4-3-5-11(2)20(10)15(21)9-22-16-18-13-7-6-12(17)8-14(13)19-16/h6-8,10-11H,3-5,9H2,1-2H3,(H,18,19)/t10-,11-/m0/s1. The molecule has 0 spiro atoms. The van der Waals surface area contributed by atoms with Gasteiger partial charge in [-0.3, -0.25) is 4.79 Å². The minimum absolute atomic E-state index is 0.197. The molecule has 1 aromatic heterocycles. The Morgan fingerprint density at radius 2 is 2.14 bits per heavy atom. The van der Waals surface area contributed by atoms with E-state index >= 15 is 0 Å². The maximum Gasteiger partial charge on any atom is 0.233 e. The van der Waals surface area contributed by atoms with Gasteiger partial charge in [0.05, 0.1) is 16.8 Å². The van der Waals surface area contributed by atoms with E-state index in [1.54, 1.807) is 0 Å². The van der Waals surface area contributed by atoms with Crippen LogP contribution in [-0.4, -0.2) is 38.6 Å². The van der Waals surface area contributed by atoms with Crippen LogP contribution in [0.4, 0.5) is 0 Å². The Bertz CT molecular complexity index is 677. The molecule has 1 aliphatic heterocycles. The lowest BCUT2D eigenvalue weighted by atomic mass is 9.98. The number of amides is 1. The van der Waals surface area contributed by atoms with Gasteiger partial charge in [0.1, 0.15) is 0 Å². The summed E-state index contributed by atoms with van der Waals surface area (Å²) in [6, 6.07) is 6.23. The van der Waals surface area contributed by atoms with Crippen LogP contribution in [0.2, 0.25) is 5.02 Å². The topological polar surface area (TPSA) is 49.0 Å². The third-order valence-electron chi connectivity index (χ3n) is 4.24. The normalized spacial score (nSPS) is 22.2. The highest BCUT2D eigenvalue weighted by Gasteiger charge is 2.28. The van der Waals surface area contributed by atoms with Crippen LogP contribution in [0.15, 0.2) is 23.4 Å². The minimum atomic E-state index is 0.197. The number of carbonyl (C=O) groups excluding carboxylic acids is 1. The summed E-state index contributed by atoms with van der Waals surface area (Å²) in [5.74, 6) is 0.616. The fraction of sp³-hybridized carbons (Fsp3) is 0.500. The third-order valence-corrected chi connectivity index (χ3v) is 5.33. The Hall–Kier alpha value is -1.20. The Labute approximate surface area is 139 Å². The maximum atomic E-state index is 12.5. The monoisotopic (exact) mass is 337 g/mol. The van der Waals surface area contributed by atoms with E-state index in [0.29, 0.717) is 22.9 Å². The van der Waals surface area contributed by atoms with E-state index in [-0.39, 0.29) is 5.91 Å². The summed E-state index contributed by atoms with van der Waals surface area (Å²) in [4.78, 5) is 22.2. The second-order valence-electron chi connectivity index (χ2n) is 5.92. The molecular weight excluding hydrogens is 318 g/mol. The summed E-state index contributed by atoms with van der Waals surface area (Å²) in [7, 11) is 0. The fourth-order valence-electron chi connectivity index (χ4n) is 3.14. The van der Waals surface area contributed by atoms with Gasteiger partial charge in [0.2, 0.25) is 5.91 Å². The number of rotatable bonds is 3. The van der Waals surface area contributed by atoms with Gasteiger partial charge in [0.15, 0.2) is 5.16 Å².